The lowest BCUT2D eigenvalue weighted by atomic mass is 10.1. The van der Waals surface area contributed by atoms with Crippen molar-refractivity contribution in [2.75, 3.05) is 0 Å². The highest BCUT2D eigenvalue weighted by molar-refractivity contribution is 14.1. The molecular weight excluding hydrogens is 529 g/mol. The molecule has 0 aromatic heterocycles. The van der Waals surface area contributed by atoms with Crippen LogP contribution < -0.4 is 0 Å². The Balaban J connectivity index is 2.82. The Kier molecular flexibility index (Phi) is 3.87. The van der Waals surface area contributed by atoms with Crippen LogP contribution in [0.2, 0.25) is 0 Å². The summed E-state index contributed by atoms with van der Waals surface area (Å²) in [6, 6.07) is 8.26. The van der Waals surface area contributed by atoms with E-state index >= 15 is 0 Å². The van der Waals surface area contributed by atoms with E-state index in [1.165, 1.54) is 12.5 Å². The van der Waals surface area contributed by atoms with Gasteiger partial charge in [-0.1, -0.05) is 0 Å². The average molecular weight is 534 g/mol. The smallest absolute Gasteiger partial charge is 0.151 e. The highest BCUT2D eigenvalue weighted by atomic mass is 127. The van der Waals surface area contributed by atoms with Gasteiger partial charge >= 0.3 is 0 Å². The monoisotopic (exact) mass is 534 g/mol. The van der Waals surface area contributed by atoms with Crippen molar-refractivity contribution in [3.8, 4) is 0 Å². The summed E-state index contributed by atoms with van der Waals surface area (Å²) in [6.07, 6.45) is 0.909. The summed E-state index contributed by atoms with van der Waals surface area (Å²) in [5.41, 5.74) is 0.764. The Morgan fingerprint density at radius 3 is 1.80 bits per heavy atom. The summed E-state index contributed by atoms with van der Waals surface area (Å²) in [5, 5.41) is 2.32. The van der Waals surface area contributed by atoms with E-state index in [1.807, 2.05) is 6.07 Å². The first kappa shape index (κ1) is 12.0. The fraction of sp³-hybridized carbons (Fsp3) is 0. The number of fused-ring (bicyclic) bond motifs is 1. The van der Waals surface area contributed by atoms with Gasteiger partial charge in [-0.15, -0.1) is 0 Å². The summed E-state index contributed by atoms with van der Waals surface area (Å²) >= 11 is 6.82. The molecule has 76 valence electrons. The van der Waals surface area contributed by atoms with Gasteiger partial charge in [0.05, 0.1) is 0 Å². The third-order valence-electron chi connectivity index (χ3n) is 2.12. The topological polar surface area (TPSA) is 17.1 Å². The standard InChI is InChI=1S/C11H5I3O/c12-9-2-7-4-11(14)10(13)3-6(7)1-8(9)5-15/h1-5H. The minimum Gasteiger partial charge on any atom is -0.298 e. The number of carbonyl (C=O) groups excluding carboxylic acids is 1. The third-order valence-corrected chi connectivity index (χ3v) is 5.87. The lowest BCUT2D eigenvalue weighted by Gasteiger charge is -2.04. The summed E-state index contributed by atoms with van der Waals surface area (Å²) in [4.78, 5) is 10.8. The molecule has 15 heavy (non-hydrogen) atoms. The van der Waals surface area contributed by atoms with Gasteiger partial charge in [-0.2, -0.15) is 0 Å². The second kappa shape index (κ2) is 4.82. The van der Waals surface area contributed by atoms with Gasteiger partial charge in [-0.3, -0.25) is 4.79 Å². The van der Waals surface area contributed by atoms with E-state index in [0.29, 0.717) is 0 Å². The van der Waals surface area contributed by atoms with Crippen molar-refractivity contribution >= 4 is 84.8 Å². The van der Waals surface area contributed by atoms with E-state index in [-0.39, 0.29) is 0 Å². The maximum absolute atomic E-state index is 10.8. The van der Waals surface area contributed by atoms with Crippen LogP contribution in [0.4, 0.5) is 0 Å². The van der Waals surface area contributed by atoms with E-state index in [4.69, 9.17) is 0 Å². The number of halogens is 3. The summed E-state index contributed by atoms with van der Waals surface area (Å²) in [5.74, 6) is 0. The number of carbonyl (C=O) groups is 1. The first-order valence-corrected chi connectivity index (χ1v) is 7.39. The van der Waals surface area contributed by atoms with Crippen LogP contribution in [-0.2, 0) is 0 Å². The van der Waals surface area contributed by atoms with Gasteiger partial charge < -0.3 is 0 Å². The van der Waals surface area contributed by atoms with Crippen LogP contribution in [0.5, 0.6) is 0 Å². The SMILES string of the molecule is O=Cc1cc2cc(I)c(I)cc2cc1I. The van der Waals surface area contributed by atoms with E-state index < -0.39 is 0 Å². The second-order valence-electron chi connectivity index (χ2n) is 3.11. The number of benzene rings is 2. The van der Waals surface area contributed by atoms with Crippen LogP contribution in [0.3, 0.4) is 0 Å². The molecule has 0 saturated carbocycles. The molecule has 0 radical (unpaired) electrons. The van der Waals surface area contributed by atoms with Crippen molar-refractivity contribution in [3.05, 3.63) is 40.5 Å². The lowest BCUT2D eigenvalue weighted by molar-refractivity contribution is 0.112. The minimum absolute atomic E-state index is 0.764. The summed E-state index contributed by atoms with van der Waals surface area (Å²) in [6.45, 7) is 0. The zero-order valence-corrected chi connectivity index (χ0v) is 13.9. The van der Waals surface area contributed by atoms with E-state index in [9.17, 15) is 4.79 Å². The molecule has 0 bridgehead atoms. The zero-order valence-electron chi connectivity index (χ0n) is 7.43. The maximum Gasteiger partial charge on any atom is 0.151 e. The lowest BCUT2D eigenvalue weighted by Crippen LogP contribution is -1.88. The van der Waals surface area contributed by atoms with Crippen LogP contribution in [0, 0.1) is 10.7 Å². The first-order valence-electron chi connectivity index (χ1n) is 4.15. The molecule has 0 spiro atoms. The largest absolute Gasteiger partial charge is 0.298 e. The Hall–Kier alpha value is 0.560. The molecule has 0 N–H and O–H groups in total. The van der Waals surface area contributed by atoms with Crippen LogP contribution in [0.25, 0.3) is 10.8 Å². The maximum atomic E-state index is 10.8. The van der Waals surface area contributed by atoms with Crippen LogP contribution in [0.1, 0.15) is 10.4 Å². The predicted octanol–water partition coefficient (Wildman–Crippen LogP) is 4.47. The van der Waals surface area contributed by atoms with Crippen molar-refractivity contribution < 1.29 is 4.79 Å². The van der Waals surface area contributed by atoms with Crippen molar-refractivity contribution in [1.29, 1.82) is 0 Å². The number of hydrogen-bond acceptors (Lipinski definition) is 1. The van der Waals surface area contributed by atoms with Gasteiger partial charge in [0.15, 0.2) is 6.29 Å². The molecule has 2 aromatic carbocycles. The molecule has 2 rings (SSSR count). The minimum atomic E-state index is 0.764. The molecular formula is C11H5I3O. The van der Waals surface area contributed by atoms with Crippen LogP contribution in [0.15, 0.2) is 24.3 Å². The van der Waals surface area contributed by atoms with E-state index in [0.717, 1.165) is 20.8 Å². The number of aldehydes is 1. The zero-order chi connectivity index (χ0) is 11.0. The molecule has 0 saturated heterocycles. The molecule has 0 fully saturated rings. The van der Waals surface area contributed by atoms with E-state index in [1.54, 1.807) is 0 Å². The predicted molar refractivity (Wildman–Crippen MR) is 87.5 cm³/mol. The number of rotatable bonds is 1. The summed E-state index contributed by atoms with van der Waals surface area (Å²) < 4.78 is 3.47. The van der Waals surface area contributed by atoms with Gasteiger partial charge in [0, 0.05) is 16.3 Å². The molecule has 0 aliphatic heterocycles. The van der Waals surface area contributed by atoms with Crippen LogP contribution >= 0.6 is 67.8 Å². The fourth-order valence-corrected chi connectivity index (χ4v) is 2.97. The molecule has 1 nitrogen and oxygen atoms in total. The van der Waals surface area contributed by atoms with Gasteiger partial charge in [0.1, 0.15) is 0 Å². The van der Waals surface area contributed by atoms with Gasteiger partial charge in [0.2, 0.25) is 0 Å². The molecule has 0 heterocycles. The van der Waals surface area contributed by atoms with E-state index in [2.05, 4.69) is 86.0 Å². The van der Waals surface area contributed by atoms with Crippen LogP contribution in [-0.4, -0.2) is 6.29 Å². The molecule has 0 aliphatic rings. The Morgan fingerprint density at radius 1 is 0.800 bits per heavy atom. The molecule has 0 aliphatic carbocycles. The quantitative estimate of drug-likeness (QED) is 0.391. The van der Waals surface area contributed by atoms with Gasteiger partial charge in [-0.05, 0) is 103 Å². The second-order valence-corrected chi connectivity index (χ2v) is 6.59. The highest BCUT2D eigenvalue weighted by Crippen LogP contribution is 2.26. The third kappa shape index (κ3) is 2.46. The molecule has 0 atom stereocenters. The van der Waals surface area contributed by atoms with Crippen molar-refractivity contribution in [2.24, 2.45) is 0 Å². The Labute approximate surface area is 128 Å². The molecule has 0 amide bonds. The Bertz CT molecular complexity index is 549. The van der Waals surface area contributed by atoms with Crippen molar-refractivity contribution in [1.82, 2.24) is 0 Å². The Morgan fingerprint density at radius 2 is 1.27 bits per heavy atom. The highest BCUT2D eigenvalue weighted by Gasteiger charge is 2.04. The fourth-order valence-electron chi connectivity index (χ4n) is 1.37. The normalized spacial score (nSPS) is 10.6. The number of hydrogen-bond donors (Lipinski definition) is 0. The average Bonchev–Trinajstić information content (AvgIpc) is 2.20. The van der Waals surface area contributed by atoms with Crippen molar-refractivity contribution in [2.45, 2.75) is 0 Å². The van der Waals surface area contributed by atoms with Gasteiger partial charge in [0.25, 0.3) is 0 Å². The summed E-state index contributed by atoms with van der Waals surface area (Å²) in [7, 11) is 0. The molecule has 0 unspecified atom stereocenters. The van der Waals surface area contributed by atoms with Crippen molar-refractivity contribution in [3.63, 3.8) is 0 Å². The molecule has 4 heteroatoms. The first-order chi connectivity index (χ1) is 7.11. The van der Waals surface area contributed by atoms with Gasteiger partial charge in [-0.25, -0.2) is 0 Å². The molecule has 2 aromatic rings.